The van der Waals surface area contributed by atoms with Gasteiger partial charge in [-0.25, -0.2) is 0 Å². The lowest BCUT2D eigenvalue weighted by atomic mass is 10.0. The fourth-order valence-electron chi connectivity index (χ4n) is 3.57. The quantitative estimate of drug-likeness (QED) is 0.284. The van der Waals surface area contributed by atoms with Crippen molar-refractivity contribution in [2.45, 2.75) is 64.0 Å². The Hall–Kier alpha value is -2.72. The first-order valence-corrected chi connectivity index (χ1v) is 12.7. The highest BCUT2D eigenvalue weighted by Gasteiger charge is 2.31. The molecule has 3 rings (SSSR count). The minimum absolute atomic E-state index is 0.0154. The SMILES string of the molecule is CC(C)c1ccccc1OC(C)c1nnc(SCC(=O)Nc2cc(C(F)(F)F)ccc2Cl)n1C(C)C. The molecule has 1 amide bonds. The Kier molecular flexibility index (Phi) is 8.94. The van der Waals surface area contributed by atoms with Gasteiger partial charge in [0.05, 0.1) is 22.0 Å². The molecule has 194 valence electrons. The fraction of sp³-hybridized carbons (Fsp3) is 0.400. The fourth-order valence-corrected chi connectivity index (χ4v) is 4.61. The van der Waals surface area contributed by atoms with Crippen molar-refractivity contribution in [2.24, 2.45) is 0 Å². The van der Waals surface area contributed by atoms with Crippen LogP contribution in [0.15, 0.2) is 47.6 Å². The van der Waals surface area contributed by atoms with Gasteiger partial charge in [0.15, 0.2) is 17.1 Å². The Balaban J connectivity index is 1.73. The number of benzene rings is 2. The maximum Gasteiger partial charge on any atom is 0.416 e. The zero-order chi connectivity index (χ0) is 26.6. The first kappa shape index (κ1) is 27.9. The number of carbonyl (C=O) groups is 1. The van der Waals surface area contributed by atoms with E-state index in [2.05, 4.69) is 29.4 Å². The van der Waals surface area contributed by atoms with Crippen LogP contribution >= 0.6 is 23.4 Å². The summed E-state index contributed by atoms with van der Waals surface area (Å²) in [5.74, 6) is 1.04. The molecule has 1 unspecified atom stereocenters. The molecule has 0 bridgehead atoms. The van der Waals surface area contributed by atoms with Gasteiger partial charge in [0.25, 0.3) is 0 Å². The van der Waals surface area contributed by atoms with E-state index in [4.69, 9.17) is 16.3 Å². The van der Waals surface area contributed by atoms with Crippen molar-refractivity contribution in [1.82, 2.24) is 14.8 Å². The first-order chi connectivity index (χ1) is 16.9. The molecule has 1 N–H and O–H groups in total. The Morgan fingerprint density at radius 1 is 1.11 bits per heavy atom. The van der Waals surface area contributed by atoms with Crippen molar-refractivity contribution in [3.8, 4) is 5.75 Å². The molecule has 0 aliphatic carbocycles. The van der Waals surface area contributed by atoms with Gasteiger partial charge in [0.1, 0.15) is 5.75 Å². The molecule has 3 aromatic rings. The van der Waals surface area contributed by atoms with Crippen molar-refractivity contribution < 1.29 is 22.7 Å². The number of thioether (sulfide) groups is 1. The molecule has 36 heavy (non-hydrogen) atoms. The van der Waals surface area contributed by atoms with E-state index in [1.54, 1.807) is 0 Å². The summed E-state index contributed by atoms with van der Waals surface area (Å²) in [6, 6.07) is 10.6. The zero-order valence-corrected chi connectivity index (χ0v) is 22.1. The number of alkyl halides is 3. The summed E-state index contributed by atoms with van der Waals surface area (Å²) >= 11 is 7.11. The number of hydrogen-bond acceptors (Lipinski definition) is 5. The Bertz CT molecular complexity index is 1210. The number of anilines is 1. The summed E-state index contributed by atoms with van der Waals surface area (Å²) in [5.41, 5.74) is 0.0838. The summed E-state index contributed by atoms with van der Waals surface area (Å²) in [6.07, 6.45) is -4.95. The third-order valence-electron chi connectivity index (χ3n) is 5.32. The van der Waals surface area contributed by atoms with Gasteiger partial charge in [-0.05, 0) is 56.5 Å². The molecule has 1 aromatic heterocycles. The number of halogens is 4. The van der Waals surface area contributed by atoms with Crippen LogP contribution in [0.2, 0.25) is 5.02 Å². The maximum atomic E-state index is 13.0. The van der Waals surface area contributed by atoms with Gasteiger partial charge in [-0.1, -0.05) is 55.4 Å². The van der Waals surface area contributed by atoms with Crippen molar-refractivity contribution >= 4 is 35.0 Å². The summed E-state index contributed by atoms with van der Waals surface area (Å²) in [7, 11) is 0. The zero-order valence-electron chi connectivity index (χ0n) is 20.6. The number of nitrogens with zero attached hydrogens (tertiary/aromatic N) is 3. The first-order valence-electron chi connectivity index (χ1n) is 11.4. The number of carbonyl (C=O) groups excluding carboxylic acids is 1. The smallest absolute Gasteiger partial charge is 0.416 e. The second-order valence-corrected chi connectivity index (χ2v) is 10.1. The largest absolute Gasteiger partial charge is 0.482 e. The second-order valence-electron chi connectivity index (χ2n) is 8.79. The van der Waals surface area contributed by atoms with Crippen LogP contribution in [-0.4, -0.2) is 26.4 Å². The lowest BCUT2D eigenvalue weighted by Crippen LogP contribution is -2.17. The Morgan fingerprint density at radius 2 is 1.81 bits per heavy atom. The van der Waals surface area contributed by atoms with E-state index >= 15 is 0 Å². The molecule has 0 aliphatic rings. The van der Waals surface area contributed by atoms with Crippen LogP contribution in [0.1, 0.15) is 69.6 Å². The summed E-state index contributed by atoms with van der Waals surface area (Å²) < 4.78 is 47.1. The van der Waals surface area contributed by atoms with Gasteiger partial charge in [0.2, 0.25) is 5.91 Å². The molecular formula is C25H28ClF3N4O2S. The third kappa shape index (κ3) is 6.73. The lowest BCUT2D eigenvalue weighted by Gasteiger charge is -2.21. The van der Waals surface area contributed by atoms with Crippen LogP contribution in [0.3, 0.4) is 0 Å². The minimum Gasteiger partial charge on any atom is -0.482 e. The number of rotatable bonds is 9. The molecule has 6 nitrogen and oxygen atoms in total. The number of nitrogens with one attached hydrogen (secondary N) is 1. The molecule has 0 saturated carbocycles. The molecule has 11 heteroatoms. The lowest BCUT2D eigenvalue weighted by molar-refractivity contribution is -0.137. The van der Waals surface area contributed by atoms with Crippen LogP contribution < -0.4 is 10.1 Å². The monoisotopic (exact) mass is 540 g/mol. The van der Waals surface area contributed by atoms with Gasteiger partial charge in [0, 0.05) is 6.04 Å². The molecule has 2 aromatic carbocycles. The van der Waals surface area contributed by atoms with E-state index in [0.29, 0.717) is 11.0 Å². The van der Waals surface area contributed by atoms with E-state index in [-0.39, 0.29) is 28.4 Å². The average Bonchev–Trinajstić information content (AvgIpc) is 3.23. The summed E-state index contributed by atoms with van der Waals surface area (Å²) in [4.78, 5) is 12.5. The van der Waals surface area contributed by atoms with Crippen molar-refractivity contribution in [3.05, 3.63) is 64.4 Å². The van der Waals surface area contributed by atoms with E-state index in [1.165, 1.54) is 0 Å². The average molecular weight is 541 g/mol. The van der Waals surface area contributed by atoms with Crippen LogP contribution in [-0.2, 0) is 11.0 Å². The van der Waals surface area contributed by atoms with Gasteiger partial charge in [-0.2, -0.15) is 13.2 Å². The van der Waals surface area contributed by atoms with E-state index < -0.39 is 23.8 Å². The van der Waals surface area contributed by atoms with Crippen molar-refractivity contribution in [2.75, 3.05) is 11.1 Å². The number of para-hydroxylation sites is 1. The molecule has 0 spiro atoms. The van der Waals surface area contributed by atoms with Crippen LogP contribution in [0, 0.1) is 0 Å². The summed E-state index contributed by atoms with van der Waals surface area (Å²) in [5, 5.41) is 11.5. The molecular weight excluding hydrogens is 513 g/mol. The van der Waals surface area contributed by atoms with Gasteiger partial charge >= 0.3 is 6.18 Å². The maximum absolute atomic E-state index is 13.0. The van der Waals surface area contributed by atoms with Crippen molar-refractivity contribution in [1.29, 1.82) is 0 Å². The Labute approximate surface area is 217 Å². The molecule has 0 radical (unpaired) electrons. The second kappa shape index (κ2) is 11.6. The van der Waals surface area contributed by atoms with Gasteiger partial charge in [-0.15, -0.1) is 10.2 Å². The standard InChI is InChI=1S/C25H28ClF3N4O2S/c1-14(2)18-8-6-7-9-21(18)35-16(5)23-31-32-24(33(23)15(3)4)36-13-22(34)30-20-12-17(25(27,28)29)10-11-19(20)26/h6-12,14-16H,13H2,1-5H3,(H,30,34). The molecule has 1 atom stereocenters. The molecule has 0 fully saturated rings. The van der Waals surface area contributed by atoms with Crippen LogP contribution in [0.25, 0.3) is 0 Å². The molecule has 0 aliphatic heterocycles. The molecule has 0 saturated heterocycles. The number of hydrogen-bond donors (Lipinski definition) is 1. The van der Waals surface area contributed by atoms with Crippen LogP contribution in [0.4, 0.5) is 18.9 Å². The molecule has 1 heterocycles. The predicted molar refractivity (Wildman–Crippen MR) is 136 cm³/mol. The predicted octanol–water partition coefficient (Wildman–Crippen LogP) is 7.53. The van der Waals surface area contributed by atoms with Crippen LogP contribution in [0.5, 0.6) is 5.75 Å². The normalized spacial score (nSPS) is 12.8. The summed E-state index contributed by atoms with van der Waals surface area (Å²) in [6.45, 7) is 10.0. The Morgan fingerprint density at radius 3 is 2.44 bits per heavy atom. The number of ether oxygens (including phenoxy) is 1. The number of aromatic nitrogens is 3. The van der Waals surface area contributed by atoms with Gasteiger partial charge in [-0.3, -0.25) is 4.79 Å². The van der Waals surface area contributed by atoms with E-state index in [1.807, 2.05) is 49.6 Å². The number of amides is 1. The third-order valence-corrected chi connectivity index (χ3v) is 6.59. The van der Waals surface area contributed by atoms with Gasteiger partial charge < -0.3 is 14.6 Å². The highest BCUT2D eigenvalue weighted by atomic mass is 35.5. The van der Waals surface area contributed by atoms with E-state index in [9.17, 15) is 18.0 Å². The van der Waals surface area contributed by atoms with Crippen molar-refractivity contribution in [3.63, 3.8) is 0 Å². The highest BCUT2D eigenvalue weighted by molar-refractivity contribution is 7.99. The minimum atomic E-state index is -4.54. The highest BCUT2D eigenvalue weighted by Crippen LogP contribution is 2.35. The topological polar surface area (TPSA) is 69.0 Å². The van der Waals surface area contributed by atoms with E-state index in [0.717, 1.165) is 41.3 Å².